The van der Waals surface area contributed by atoms with Gasteiger partial charge in [0.25, 0.3) is 0 Å². The number of hydrogen-bond donors (Lipinski definition) is 2. The summed E-state index contributed by atoms with van der Waals surface area (Å²) in [6.07, 6.45) is 0. The van der Waals surface area contributed by atoms with Gasteiger partial charge in [0.15, 0.2) is 0 Å². The van der Waals surface area contributed by atoms with E-state index in [1.165, 1.54) is 24.3 Å². The SMILES string of the molecule is CC1(C)OB(c2ccc(NC(=O)Nc3ccc(F)cc3)cc2)OC1(C)C. The third kappa shape index (κ3) is 3.89. The van der Waals surface area contributed by atoms with Crippen LogP contribution in [0.5, 0.6) is 0 Å². The first-order valence-electron chi connectivity index (χ1n) is 8.45. The Labute approximate surface area is 153 Å². The largest absolute Gasteiger partial charge is 0.494 e. The Morgan fingerprint density at radius 3 is 1.73 bits per heavy atom. The Hall–Kier alpha value is -2.38. The topological polar surface area (TPSA) is 59.6 Å². The first kappa shape index (κ1) is 18.4. The van der Waals surface area contributed by atoms with E-state index in [4.69, 9.17) is 9.31 Å². The predicted molar refractivity (Wildman–Crippen MR) is 101 cm³/mol. The molecule has 2 amide bonds. The quantitative estimate of drug-likeness (QED) is 0.823. The smallest absolute Gasteiger partial charge is 0.399 e. The first-order valence-corrected chi connectivity index (χ1v) is 8.45. The van der Waals surface area contributed by atoms with Crippen LogP contribution in [0.15, 0.2) is 48.5 Å². The molecule has 1 heterocycles. The van der Waals surface area contributed by atoms with Gasteiger partial charge < -0.3 is 19.9 Å². The molecular weight excluding hydrogens is 334 g/mol. The zero-order valence-electron chi connectivity index (χ0n) is 15.3. The van der Waals surface area contributed by atoms with Crippen LogP contribution < -0.4 is 16.1 Å². The van der Waals surface area contributed by atoms with E-state index in [-0.39, 0.29) is 5.82 Å². The molecular formula is C19H22BFN2O3. The molecule has 7 heteroatoms. The van der Waals surface area contributed by atoms with Crippen molar-refractivity contribution in [3.63, 3.8) is 0 Å². The number of hydrogen-bond acceptors (Lipinski definition) is 3. The van der Waals surface area contributed by atoms with Gasteiger partial charge in [0.1, 0.15) is 5.82 Å². The van der Waals surface area contributed by atoms with E-state index in [2.05, 4.69) is 10.6 Å². The highest BCUT2D eigenvalue weighted by molar-refractivity contribution is 6.62. The second kappa shape index (κ2) is 6.74. The van der Waals surface area contributed by atoms with Crippen LogP contribution >= 0.6 is 0 Å². The molecule has 0 spiro atoms. The molecule has 26 heavy (non-hydrogen) atoms. The Kier molecular flexibility index (Phi) is 4.77. The lowest BCUT2D eigenvalue weighted by Crippen LogP contribution is -2.41. The van der Waals surface area contributed by atoms with Crippen LogP contribution in [0.2, 0.25) is 0 Å². The van der Waals surface area contributed by atoms with Gasteiger partial charge in [-0.25, -0.2) is 9.18 Å². The van der Waals surface area contributed by atoms with Gasteiger partial charge in [0.05, 0.1) is 11.2 Å². The fraction of sp³-hybridized carbons (Fsp3) is 0.316. The lowest BCUT2D eigenvalue weighted by Gasteiger charge is -2.32. The van der Waals surface area contributed by atoms with E-state index in [9.17, 15) is 9.18 Å². The molecule has 1 aliphatic rings. The van der Waals surface area contributed by atoms with E-state index in [0.717, 1.165) is 5.46 Å². The molecule has 1 aliphatic heterocycles. The van der Waals surface area contributed by atoms with Crippen LogP contribution in [0.1, 0.15) is 27.7 Å². The summed E-state index contributed by atoms with van der Waals surface area (Å²) in [5.41, 5.74) is 1.23. The molecule has 0 bridgehead atoms. The van der Waals surface area contributed by atoms with Crippen molar-refractivity contribution >= 4 is 30.0 Å². The molecule has 5 nitrogen and oxygen atoms in total. The molecule has 0 saturated carbocycles. The number of halogens is 1. The average Bonchev–Trinajstić information content (AvgIpc) is 2.78. The van der Waals surface area contributed by atoms with Crippen molar-refractivity contribution in [3.05, 3.63) is 54.3 Å². The summed E-state index contributed by atoms with van der Waals surface area (Å²) >= 11 is 0. The monoisotopic (exact) mass is 356 g/mol. The van der Waals surface area contributed by atoms with Crippen molar-refractivity contribution in [1.82, 2.24) is 0 Å². The van der Waals surface area contributed by atoms with Crippen LogP contribution in [-0.2, 0) is 9.31 Å². The van der Waals surface area contributed by atoms with Crippen molar-refractivity contribution in [2.45, 2.75) is 38.9 Å². The van der Waals surface area contributed by atoms with Crippen LogP contribution in [0, 0.1) is 5.82 Å². The third-order valence-corrected chi connectivity index (χ3v) is 4.80. The van der Waals surface area contributed by atoms with Gasteiger partial charge in [-0.3, -0.25) is 0 Å². The van der Waals surface area contributed by atoms with Gasteiger partial charge >= 0.3 is 13.1 Å². The number of nitrogens with one attached hydrogen (secondary N) is 2. The minimum Gasteiger partial charge on any atom is -0.399 e. The lowest BCUT2D eigenvalue weighted by molar-refractivity contribution is 0.00578. The molecule has 0 unspecified atom stereocenters. The number of carbonyl (C=O) groups excluding carboxylic acids is 1. The molecule has 0 aromatic heterocycles. The van der Waals surface area contributed by atoms with Crippen LogP contribution in [0.4, 0.5) is 20.6 Å². The number of benzene rings is 2. The fourth-order valence-corrected chi connectivity index (χ4v) is 2.53. The van der Waals surface area contributed by atoms with Gasteiger partial charge in [-0.1, -0.05) is 12.1 Å². The Bertz CT molecular complexity index is 775. The molecule has 2 aromatic carbocycles. The summed E-state index contributed by atoms with van der Waals surface area (Å²) in [5.74, 6) is -0.353. The maximum atomic E-state index is 12.9. The maximum absolute atomic E-state index is 12.9. The van der Waals surface area contributed by atoms with E-state index < -0.39 is 24.4 Å². The van der Waals surface area contributed by atoms with Gasteiger partial charge in [0.2, 0.25) is 0 Å². The molecule has 3 rings (SSSR count). The number of anilines is 2. The second-order valence-corrected chi connectivity index (χ2v) is 7.30. The predicted octanol–water partition coefficient (Wildman–Crippen LogP) is 3.77. The Balaban J connectivity index is 1.61. The zero-order chi connectivity index (χ0) is 18.9. The summed E-state index contributed by atoms with van der Waals surface area (Å²) in [4.78, 5) is 12.0. The van der Waals surface area contributed by atoms with Crippen LogP contribution in [-0.4, -0.2) is 24.4 Å². The van der Waals surface area contributed by atoms with Crippen LogP contribution in [0.3, 0.4) is 0 Å². The molecule has 136 valence electrons. The molecule has 0 radical (unpaired) electrons. The normalized spacial score (nSPS) is 17.8. The summed E-state index contributed by atoms with van der Waals surface area (Å²) in [6.45, 7) is 8.01. The second-order valence-electron chi connectivity index (χ2n) is 7.30. The number of rotatable bonds is 3. The van der Waals surface area contributed by atoms with E-state index >= 15 is 0 Å². The molecule has 2 N–H and O–H groups in total. The third-order valence-electron chi connectivity index (χ3n) is 4.80. The Morgan fingerprint density at radius 1 is 0.846 bits per heavy atom. The van der Waals surface area contributed by atoms with E-state index in [1.807, 2.05) is 39.8 Å². The summed E-state index contributed by atoms with van der Waals surface area (Å²) in [6, 6.07) is 12.4. The molecule has 2 aromatic rings. The number of carbonyl (C=O) groups is 1. The van der Waals surface area contributed by atoms with Crippen LogP contribution in [0.25, 0.3) is 0 Å². The number of amides is 2. The van der Waals surface area contributed by atoms with Gasteiger partial charge in [-0.15, -0.1) is 0 Å². The standard InChI is InChI=1S/C19H22BFN2O3/c1-18(2)19(3,4)26-20(25-18)13-5-9-15(10-6-13)22-17(24)23-16-11-7-14(21)8-12-16/h5-12H,1-4H3,(H2,22,23,24). The number of urea groups is 1. The summed E-state index contributed by atoms with van der Waals surface area (Å²) in [5, 5.41) is 5.37. The molecule has 1 saturated heterocycles. The van der Waals surface area contributed by atoms with E-state index in [1.54, 1.807) is 12.1 Å². The average molecular weight is 356 g/mol. The zero-order valence-corrected chi connectivity index (χ0v) is 15.3. The van der Waals surface area contributed by atoms with Gasteiger partial charge in [-0.2, -0.15) is 0 Å². The van der Waals surface area contributed by atoms with Crippen molar-refractivity contribution in [2.75, 3.05) is 10.6 Å². The van der Waals surface area contributed by atoms with E-state index in [0.29, 0.717) is 11.4 Å². The summed E-state index contributed by atoms with van der Waals surface area (Å²) < 4.78 is 24.9. The highest BCUT2D eigenvalue weighted by Crippen LogP contribution is 2.36. The maximum Gasteiger partial charge on any atom is 0.494 e. The van der Waals surface area contributed by atoms with Gasteiger partial charge in [-0.05, 0) is 69.6 Å². The van der Waals surface area contributed by atoms with Gasteiger partial charge in [0, 0.05) is 11.4 Å². The minimum absolute atomic E-state index is 0.353. The highest BCUT2D eigenvalue weighted by Gasteiger charge is 2.51. The molecule has 0 atom stereocenters. The van der Waals surface area contributed by atoms with Crippen molar-refractivity contribution < 1.29 is 18.5 Å². The van der Waals surface area contributed by atoms with Crippen molar-refractivity contribution in [3.8, 4) is 0 Å². The highest BCUT2D eigenvalue weighted by atomic mass is 19.1. The minimum atomic E-state index is -0.443. The summed E-state index contributed by atoms with van der Waals surface area (Å²) in [7, 11) is -0.443. The molecule has 0 aliphatic carbocycles. The first-order chi connectivity index (χ1) is 12.2. The Morgan fingerprint density at radius 2 is 1.27 bits per heavy atom. The van der Waals surface area contributed by atoms with Crippen molar-refractivity contribution in [1.29, 1.82) is 0 Å². The lowest BCUT2D eigenvalue weighted by atomic mass is 9.79. The van der Waals surface area contributed by atoms with Crippen molar-refractivity contribution in [2.24, 2.45) is 0 Å². The fourth-order valence-electron chi connectivity index (χ4n) is 2.53. The molecule has 1 fully saturated rings.